The van der Waals surface area contributed by atoms with E-state index in [0.29, 0.717) is 0 Å². The van der Waals surface area contributed by atoms with Gasteiger partial charge in [0, 0.05) is 0 Å². The highest BCUT2D eigenvalue weighted by atomic mass is 31.2. The summed E-state index contributed by atoms with van der Waals surface area (Å²) in [6.45, 7) is 1.60. The zero-order valence-electron chi connectivity index (χ0n) is 5.43. The molecule has 0 aliphatic rings. The molecular weight excluding hydrogens is 153 g/mol. The van der Waals surface area contributed by atoms with Gasteiger partial charge in [0.1, 0.15) is 0 Å². The fraction of sp³-hybridized carbons (Fsp3) is 0.400. The smallest absolute Gasteiger partial charge is 0.323 e. The second-order valence-corrected chi connectivity index (χ2v) is 3.42. The van der Waals surface area contributed by atoms with E-state index in [2.05, 4.69) is 0 Å². The molecule has 0 spiro atoms. The van der Waals surface area contributed by atoms with Crippen molar-refractivity contribution in [1.29, 1.82) is 5.26 Å². The lowest BCUT2D eigenvalue weighted by Crippen LogP contribution is -1.99. The second-order valence-electron chi connectivity index (χ2n) is 1.69. The summed E-state index contributed by atoms with van der Waals surface area (Å²) in [7, 11) is -4.24. The summed E-state index contributed by atoms with van der Waals surface area (Å²) in [5.74, 6) is 0. The molecule has 0 radical (unpaired) electrons. The number of hydrogen-bond acceptors (Lipinski definition) is 2. The maximum atomic E-state index is 10.4. The molecule has 1 atom stereocenters. The lowest BCUT2D eigenvalue weighted by molar-refractivity contribution is 0.371. The highest BCUT2D eigenvalue weighted by molar-refractivity contribution is 7.53. The van der Waals surface area contributed by atoms with Crippen LogP contribution in [0.3, 0.4) is 0 Å². The Bertz CT molecular complexity index is 211. The van der Waals surface area contributed by atoms with Crippen LogP contribution in [0.4, 0.5) is 0 Å². The maximum Gasteiger partial charge on any atom is 0.346 e. The Labute approximate surface area is 59.0 Å². The van der Waals surface area contributed by atoms with E-state index < -0.39 is 13.3 Å². The normalized spacial score (nSPS) is 15.0. The van der Waals surface area contributed by atoms with Gasteiger partial charge < -0.3 is 9.79 Å². The van der Waals surface area contributed by atoms with Crippen LogP contribution in [0, 0.1) is 11.3 Å². The molecule has 0 rings (SSSR count). The van der Waals surface area contributed by atoms with Crippen molar-refractivity contribution in [3.05, 3.63) is 12.2 Å². The molecule has 10 heavy (non-hydrogen) atoms. The molecule has 0 saturated carbocycles. The quantitative estimate of drug-likeness (QED) is 0.459. The summed E-state index contributed by atoms with van der Waals surface area (Å²) >= 11 is 0. The van der Waals surface area contributed by atoms with Crippen LogP contribution in [0.5, 0.6) is 0 Å². The molecule has 0 aromatic carbocycles. The van der Waals surface area contributed by atoms with Crippen LogP contribution in [0.1, 0.15) is 6.92 Å². The van der Waals surface area contributed by atoms with Crippen molar-refractivity contribution in [1.82, 2.24) is 0 Å². The van der Waals surface area contributed by atoms with Crippen LogP contribution < -0.4 is 0 Å². The van der Waals surface area contributed by atoms with Crippen molar-refractivity contribution in [2.75, 3.05) is 0 Å². The second kappa shape index (κ2) is 3.52. The Morgan fingerprint density at radius 3 is 2.30 bits per heavy atom. The number of allylic oxidation sites excluding steroid dienone is 2. The topological polar surface area (TPSA) is 81.3 Å². The van der Waals surface area contributed by atoms with Crippen molar-refractivity contribution in [3.8, 4) is 6.07 Å². The SMILES string of the molecule is CC=CC(C#N)P(=O)(O)O. The van der Waals surface area contributed by atoms with E-state index >= 15 is 0 Å². The third-order valence-corrected chi connectivity index (χ3v) is 1.88. The molecule has 0 aliphatic heterocycles. The van der Waals surface area contributed by atoms with Crippen LogP contribution in [-0.4, -0.2) is 15.4 Å². The van der Waals surface area contributed by atoms with E-state index in [1.54, 1.807) is 6.92 Å². The minimum Gasteiger partial charge on any atom is -0.323 e. The Kier molecular flexibility index (Phi) is 3.31. The molecule has 2 N–H and O–H groups in total. The van der Waals surface area contributed by atoms with Gasteiger partial charge in [-0.25, -0.2) is 0 Å². The lowest BCUT2D eigenvalue weighted by Gasteiger charge is -2.03. The zero-order valence-corrected chi connectivity index (χ0v) is 6.32. The van der Waals surface area contributed by atoms with Crippen molar-refractivity contribution in [2.24, 2.45) is 0 Å². The summed E-state index contributed by atoms with van der Waals surface area (Å²) in [5, 5.41) is 8.20. The average Bonchev–Trinajstić information content (AvgIpc) is 1.80. The van der Waals surface area contributed by atoms with Crippen molar-refractivity contribution >= 4 is 7.60 Å². The van der Waals surface area contributed by atoms with E-state index in [4.69, 9.17) is 15.0 Å². The van der Waals surface area contributed by atoms with E-state index in [1.807, 2.05) is 0 Å². The molecule has 56 valence electrons. The van der Waals surface area contributed by atoms with Gasteiger partial charge in [0.05, 0.1) is 6.07 Å². The van der Waals surface area contributed by atoms with Gasteiger partial charge in [-0.05, 0) is 6.92 Å². The average molecular weight is 161 g/mol. The largest absolute Gasteiger partial charge is 0.346 e. The van der Waals surface area contributed by atoms with Gasteiger partial charge in [-0.3, -0.25) is 4.57 Å². The van der Waals surface area contributed by atoms with E-state index in [1.165, 1.54) is 18.2 Å². The standard InChI is InChI=1S/C5H8NO3P/c1-2-3-5(4-6)10(7,8)9/h2-3,5H,1H3,(H2,7,8,9). The van der Waals surface area contributed by atoms with Gasteiger partial charge in [-0.2, -0.15) is 5.26 Å². The molecule has 0 aliphatic carbocycles. The van der Waals surface area contributed by atoms with Gasteiger partial charge in [0.2, 0.25) is 0 Å². The number of nitrogens with zero attached hydrogens (tertiary/aromatic N) is 1. The first kappa shape index (κ1) is 9.38. The number of nitriles is 1. The van der Waals surface area contributed by atoms with Crippen LogP contribution in [-0.2, 0) is 4.57 Å². The minimum atomic E-state index is -4.24. The monoisotopic (exact) mass is 161 g/mol. The van der Waals surface area contributed by atoms with Crippen LogP contribution in [0.2, 0.25) is 0 Å². The van der Waals surface area contributed by atoms with Gasteiger partial charge in [0.15, 0.2) is 5.66 Å². The molecule has 0 aromatic rings. The molecule has 0 bridgehead atoms. The molecule has 4 nitrogen and oxygen atoms in total. The predicted molar refractivity (Wildman–Crippen MR) is 36.3 cm³/mol. The van der Waals surface area contributed by atoms with Crippen molar-refractivity contribution in [2.45, 2.75) is 12.6 Å². The van der Waals surface area contributed by atoms with E-state index in [0.717, 1.165) is 0 Å². The molecule has 0 fully saturated rings. The minimum absolute atomic E-state index is 1.18. The molecule has 1 unspecified atom stereocenters. The summed E-state index contributed by atoms with van der Waals surface area (Å²) in [4.78, 5) is 16.9. The van der Waals surface area contributed by atoms with Gasteiger partial charge in [-0.15, -0.1) is 0 Å². The van der Waals surface area contributed by atoms with Gasteiger partial charge >= 0.3 is 7.60 Å². The van der Waals surface area contributed by atoms with E-state index in [-0.39, 0.29) is 0 Å². The first-order valence-corrected chi connectivity index (χ1v) is 4.28. The van der Waals surface area contributed by atoms with Crippen LogP contribution in [0.15, 0.2) is 12.2 Å². The summed E-state index contributed by atoms with van der Waals surface area (Å²) < 4.78 is 10.4. The fourth-order valence-electron chi connectivity index (χ4n) is 0.413. The fourth-order valence-corrected chi connectivity index (χ4v) is 0.959. The maximum absolute atomic E-state index is 10.4. The summed E-state index contributed by atoms with van der Waals surface area (Å²) in [5.41, 5.74) is -1.29. The van der Waals surface area contributed by atoms with Gasteiger partial charge in [-0.1, -0.05) is 12.2 Å². The third-order valence-electron chi connectivity index (χ3n) is 0.869. The predicted octanol–water partition coefficient (Wildman–Crippen LogP) is 0.632. The molecule has 0 aromatic heterocycles. The Balaban J connectivity index is 4.42. The molecular formula is C5H8NO3P. The number of hydrogen-bond donors (Lipinski definition) is 2. The third kappa shape index (κ3) is 2.79. The zero-order chi connectivity index (χ0) is 8.20. The van der Waals surface area contributed by atoms with Crippen molar-refractivity contribution < 1.29 is 14.4 Å². The molecule has 0 heterocycles. The van der Waals surface area contributed by atoms with Gasteiger partial charge in [0.25, 0.3) is 0 Å². The van der Waals surface area contributed by atoms with E-state index in [9.17, 15) is 4.57 Å². The first-order valence-electron chi connectivity index (χ1n) is 2.60. The van der Waals surface area contributed by atoms with Crippen molar-refractivity contribution in [3.63, 3.8) is 0 Å². The Morgan fingerprint density at radius 2 is 2.20 bits per heavy atom. The Hall–Kier alpha value is -0.620. The molecule has 0 saturated heterocycles. The molecule has 0 amide bonds. The van der Waals surface area contributed by atoms with Crippen LogP contribution >= 0.6 is 7.60 Å². The lowest BCUT2D eigenvalue weighted by atomic mass is 10.4. The summed E-state index contributed by atoms with van der Waals surface area (Å²) in [6, 6.07) is 1.49. The highest BCUT2D eigenvalue weighted by Gasteiger charge is 2.25. The molecule has 5 heteroatoms. The number of rotatable bonds is 2. The first-order chi connectivity index (χ1) is 4.52. The Morgan fingerprint density at radius 1 is 1.70 bits per heavy atom. The highest BCUT2D eigenvalue weighted by Crippen LogP contribution is 2.41. The van der Waals surface area contributed by atoms with Crippen LogP contribution in [0.25, 0.3) is 0 Å². The summed E-state index contributed by atoms with van der Waals surface area (Å²) in [6.07, 6.45) is 2.62.